The lowest BCUT2D eigenvalue weighted by molar-refractivity contribution is -0.114. The number of aryl methyl sites for hydroxylation is 1. The Morgan fingerprint density at radius 3 is 2.54 bits per heavy atom. The molecule has 5 nitrogen and oxygen atoms in total. The molecule has 1 atom stereocenters. The quantitative estimate of drug-likeness (QED) is 0.141. The highest BCUT2D eigenvalue weighted by atomic mass is 35.5. The van der Waals surface area contributed by atoms with Gasteiger partial charge in [0.15, 0.2) is 11.6 Å². The number of carbonyl (C=O) groups excluding carboxylic acids is 1. The first-order chi connectivity index (χ1) is 17.4. The van der Waals surface area contributed by atoms with E-state index in [1.807, 2.05) is 0 Å². The standard InChI is InChI=1S/C29H36ClF2N3O2/c1-7-23(37-19-28(5,6)8-2)11-10-12-26-33-20(4)34-27(35-26)24-18-21(13-14-25(24)30)17-22(15-16-36)29(31,32)9-3/h7,10-14,16,18,22H,1,8-9,15,17,19H2,2-6H3/b12-10+,23-11+. The fourth-order valence-corrected chi connectivity index (χ4v) is 3.65. The molecule has 0 fully saturated rings. The number of carbonyl (C=O) groups is 1. The lowest BCUT2D eigenvalue weighted by Gasteiger charge is -2.24. The summed E-state index contributed by atoms with van der Waals surface area (Å²) in [5.74, 6) is -2.19. The van der Waals surface area contributed by atoms with Gasteiger partial charge in [-0.25, -0.2) is 23.7 Å². The maximum Gasteiger partial charge on any atom is 0.251 e. The normalized spacial score (nSPS) is 13.6. The average Bonchev–Trinajstić information content (AvgIpc) is 2.86. The van der Waals surface area contributed by atoms with Crippen LogP contribution in [0.15, 0.2) is 48.8 Å². The third-order valence-electron chi connectivity index (χ3n) is 6.26. The number of benzene rings is 1. The number of aldehydes is 1. The molecule has 200 valence electrons. The Hall–Kier alpha value is -2.93. The second kappa shape index (κ2) is 13.6. The van der Waals surface area contributed by atoms with Gasteiger partial charge in [0, 0.05) is 24.3 Å². The molecule has 1 aromatic heterocycles. The minimum absolute atomic E-state index is 0.0323. The maximum absolute atomic E-state index is 14.4. The van der Waals surface area contributed by atoms with Crippen LogP contribution < -0.4 is 0 Å². The first-order valence-electron chi connectivity index (χ1n) is 12.4. The van der Waals surface area contributed by atoms with Crippen LogP contribution in [-0.2, 0) is 16.0 Å². The van der Waals surface area contributed by atoms with Gasteiger partial charge >= 0.3 is 0 Å². The fourth-order valence-electron chi connectivity index (χ4n) is 3.45. The number of alkyl halides is 2. The minimum Gasteiger partial charge on any atom is -0.493 e. The van der Waals surface area contributed by atoms with Crippen LogP contribution in [0.3, 0.4) is 0 Å². The molecule has 37 heavy (non-hydrogen) atoms. The van der Waals surface area contributed by atoms with Crippen LogP contribution >= 0.6 is 11.6 Å². The number of aromatic nitrogens is 3. The third-order valence-corrected chi connectivity index (χ3v) is 6.59. The molecule has 0 aliphatic heterocycles. The van der Waals surface area contributed by atoms with Crippen LogP contribution in [0.2, 0.25) is 5.02 Å². The van der Waals surface area contributed by atoms with Gasteiger partial charge in [-0.3, -0.25) is 0 Å². The van der Waals surface area contributed by atoms with Crippen molar-refractivity contribution in [3.05, 3.63) is 71.0 Å². The van der Waals surface area contributed by atoms with Crippen molar-refractivity contribution >= 4 is 24.0 Å². The predicted molar refractivity (Wildman–Crippen MR) is 145 cm³/mol. The van der Waals surface area contributed by atoms with Gasteiger partial charge in [-0.05, 0) is 61.1 Å². The molecule has 0 N–H and O–H groups in total. The van der Waals surface area contributed by atoms with Crippen molar-refractivity contribution in [2.24, 2.45) is 11.3 Å². The highest BCUT2D eigenvalue weighted by Gasteiger charge is 2.37. The van der Waals surface area contributed by atoms with Gasteiger partial charge in [0.25, 0.3) is 5.92 Å². The molecule has 0 aliphatic rings. The maximum atomic E-state index is 14.4. The Bertz CT molecular complexity index is 1150. The summed E-state index contributed by atoms with van der Waals surface area (Å²) < 4.78 is 34.6. The smallest absolute Gasteiger partial charge is 0.251 e. The van der Waals surface area contributed by atoms with Crippen LogP contribution in [0.25, 0.3) is 17.5 Å². The minimum atomic E-state index is -2.95. The zero-order chi connectivity index (χ0) is 27.6. The summed E-state index contributed by atoms with van der Waals surface area (Å²) in [7, 11) is 0. The molecule has 2 rings (SSSR count). The highest BCUT2D eigenvalue weighted by molar-refractivity contribution is 6.33. The summed E-state index contributed by atoms with van der Waals surface area (Å²) in [6.45, 7) is 13.9. The zero-order valence-electron chi connectivity index (χ0n) is 22.2. The van der Waals surface area contributed by atoms with E-state index in [1.165, 1.54) is 6.92 Å². The number of hydrogen-bond acceptors (Lipinski definition) is 5. The molecule has 0 radical (unpaired) electrons. The highest BCUT2D eigenvalue weighted by Crippen LogP contribution is 2.34. The Morgan fingerprint density at radius 1 is 1.19 bits per heavy atom. The van der Waals surface area contributed by atoms with Crippen LogP contribution in [0.1, 0.15) is 64.2 Å². The first kappa shape index (κ1) is 30.3. The van der Waals surface area contributed by atoms with Crippen LogP contribution in [0.4, 0.5) is 8.78 Å². The topological polar surface area (TPSA) is 65.0 Å². The molecular formula is C29H36ClF2N3O2. The number of rotatable bonds is 14. The molecule has 0 saturated heterocycles. The average molecular weight is 532 g/mol. The third kappa shape index (κ3) is 9.15. The zero-order valence-corrected chi connectivity index (χ0v) is 23.0. The van der Waals surface area contributed by atoms with Gasteiger partial charge < -0.3 is 9.53 Å². The van der Waals surface area contributed by atoms with E-state index in [-0.39, 0.29) is 24.7 Å². The lowest BCUT2D eigenvalue weighted by Crippen LogP contribution is -2.29. The van der Waals surface area contributed by atoms with Crippen LogP contribution in [0, 0.1) is 18.3 Å². The molecule has 0 spiro atoms. The predicted octanol–water partition coefficient (Wildman–Crippen LogP) is 7.83. The summed E-state index contributed by atoms with van der Waals surface area (Å²) in [5.41, 5.74) is 1.19. The largest absolute Gasteiger partial charge is 0.493 e. The van der Waals surface area contributed by atoms with Crippen LogP contribution in [-0.4, -0.2) is 33.8 Å². The summed E-state index contributed by atoms with van der Waals surface area (Å²) >= 11 is 6.44. The van der Waals surface area contributed by atoms with Crippen molar-refractivity contribution in [3.8, 4) is 11.4 Å². The number of halogens is 3. The monoisotopic (exact) mass is 531 g/mol. The van der Waals surface area contributed by atoms with E-state index in [0.717, 1.165) is 6.42 Å². The second-order valence-electron chi connectivity index (χ2n) is 9.74. The van der Waals surface area contributed by atoms with E-state index in [0.29, 0.717) is 52.3 Å². The van der Waals surface area contributed by atoms with Crippen molar-refractivity contribution in [3.63, 3.8) is 0 Å². The molecule has 0 amide bonds. The van der Waals surface area contributed by atoms with E-state index in [9.17, 15) is 13.6 Å². The SMILES string of the molecule is C=C/C(=C\C=C\c1nc(C)nc(-c2cc(CC(CC=O)C(F)(F)CC)ccc2Cl)n1)OCC(C)(C)CC. The van der Waals surface area contributed by atoms with Crippen molar-refractivity contribution in [2.45, 2.75) is 66.2 Å². The number of ether oxygens (including phenoxy) is 1. The molecule has 8 heteroatoms. The number of allylic oxidation sites excluding steroid dienone is 3. The molecule has 1 heterocycles. The van der Waals surface area contributed by atoms with Crippen molar-refractivity contribution < 1.29 is 18.3 Å². The molecule has 1 aromatic carbocycles. The Labute approximate surface area is 223 Å². The molecule has 0 saturated carbocycles. The van der Waals surface area contributed by atoms with E-state index < -0.39 is 11.8 Å². The lowest BCUT2D eigenvalue weighted by atomic mass is 9.89. The summed E-state index contributed by atoms with van der Waals surface area (Å²) in [6.07, 6.45) is 7.92. The van der Waals surface area contributed by atoms with E-state index >= 15 is 0 Å². The number of hydrogen-bond donors (Lipinski definition) is 0. The number of nitrogens with zero attached hydrogens (tertiary/aromatic N) is 3. The van der Waals surface area contributed by atoms with Crippen molar-refractivity contribution in [2.75, 3.05) is 6.61 Å². The molecule has 0 bridgehead atoms. The molecule has 2 aromatic rings. The van der Waals surface area contributed by atoms with Gasteiger partial charge in [0.2, 0.25) is 0 Å². The Morgan fingerprint density at radius 2 is 1.92 bits per heavy atom. The van der Waals surface area contributed by atoms with Gasteiger partial charge in [-0.15, -0.1) is 0 Å². The van der Waals surface area contributed by atoms with E-state index in [4.69, 9.17) is 16.3 Å². The van der Waals surface area contributed by atoms with Crippen molar-refractivity contribution in [1.29, 1.82) is 0 Å². The van der Waals surface area contributed by atoms with Gasteiger partial charge in [0.05, 0.1) is 11.6 Å². The Kier molecular flexibility index (Phi) is 11.1. The van der Waals surface area contributed by atoms with Gasteiger partial charge in [-0.1, -0.05) is 58.0 Å². The van der Waals surface area contributed by atoms with Crippen LogP contribution in [0.5, 0.6) is 0 Å². The molecular weight excluding hydrogens is 496 g/mol. The first-order valence-corrected chi connectivity index (χ1v) is 12.8. The van der Waals surface area contributed by atoms with E-state index in [2.05, 4.69) is 42.3 Å². The van der Waals surface area contributed by atoms with Gasteiger partial charge in [0.1, 0.15) is 17.9 Å². The molecule has 0 aliphatic carbocycles. The van der Waals surface area contributed by atoms with Gasteiger partial charge in [-0.2, -0.15) is 0 Å². The van der Waals surface area contributed by atoms with E-state index in [1.54, 1.807) is 49.4 Å². The Balaban J connectivity index is 2.32. The summed E-state index contributed by atoms with van der Waals surface area (Å²) in [4.78, 5) is 24.3. The molecule has 1 unspecified atom stereocenters. The summed E-state index contributed by atoms with van der Waals surface area (Å²) in [6, 6.07) is 5.02. The van der Waals surface area contributed by atoms with Crippen molar-refractivity contribution in [1.82, 2.24) is 15.0 Å². The summed E-state index contributed by atoms with van der Waals surface area (Å²) in [5, 5.41) is 0.388. The fraction of sp³-hybridized carbons (Fsp3) is 0.448. The second-order valence-corrected chi connectivity index (χ2v) is 10.1.